The molecule has 0 bridgehead atoms. The molecule has 0 aliphatic heterocycles. The Morgan fingerprint density at radius 3 is 2.90 bits per heavy atom. The van der Waals surface area contributed by atoms with Gasteiger partial charge in [0.1, 0.15) is 0 Å². The highest BCUT2D eigenvalue weighted by Crippen LogP contribution is 2.26. The number of aryl methyl sites for hydroxylation is 1. The van der Waals surface area contributed by atoms with Crippen LogP contribution in [0.2, 0.25) is 0 Å². The average molecular weight is 270 g/mol. The SMILES string of the molecule is Cc1cc(NCCN(C)C2CC2)c2cc(N)ccc2n1. The van der Waals surface area contributed by atoms with Crippen LogP contribution >= 0.6 is 0 Å². The van der Waals surface area contributed by atoms with Gasteiger partial charge < -0.3 is 16.0 Å². The van der Waals surface area contributed by atoms with Gasteiger partial charge in [0.05, 0.1) is 5.52 Å². The van der Waals surface area contributed by atoms with E-state index in [-0.39, 0.29) is 0 Å². The minimum atomic E-state index is 0.779. The maximum Gasteiger partial charge on any atom is 0.0727 e. The third-order valence-electron chi connectivity index (χ3n) is 3.91. The standard InChI is InChI=1S/C16H22N4/c1-11-9-16(18-7-8-20(2)13-4-5-13)14-10-12(17)3-6-15(14)19-11/h3,6,9-10,13H,4-5,7-8,17H2,1-2H3,(H,18,19). The lowest BCUT2D eigenvalue weighted by atomic mass is 10.1. The normalized spacial score (nSPS) is 14.9. The van der Waals surface area contributed by atoms with Crippen molar-refractivity contribution in [3.63, 3.8) is 0 Å². The van der Waals surface area contributed by atoms with Gasteiger partial charge in [-0.15, -0.1) is 0 Å². The smallest absolute Gasteiger partial charge is 0.0727 e. The quantitative estimate of drug-likeness (QED) is 0.820. The number of pyridine rings is 1. The number of benzene rings is 1. The van der Waals surface area contributed by atoms with Crippen molar-refractivity contribution < 1.29 is 0 Å². The van der Waals surface area contributed by atoms with E-state index in [1.165, 1.54) is 12.8 Å². The van der Waals surface area contributed by atoms with Crippen molar-refractivity contribution in [2.24, 2.45) is 0 Å². The second-order valence-corrected chi connectivity index (χ2v) is 5.73. The summed E-state index contributed by atoms with van der Waals surface area (Å²) < 4.78 is 0. The van der Waals surface area contributed by atoms with Crippen LogP contribution in [0.1, 0.15) is 18.5 Å². The van der Waals surface area contributed by atoms with Crippen LogP contribution in [0.15, 0.2) is 24.3 Å². The van der Waals surface area contributed by atoms with Crippen molar-refractivity contribution in [2.45, 2.75) is 25.8 Å². The molecule has 20 heavy (non-hydrogen) atoms. The zero-order chi connectivity index (χ0) is 14.1. The predicted molar refractivity (Wildman–Crippen MR) is 85.0 cm³/mol. The minimum absolute atomic E-state index is 0.779. The summed E-state index contributed by atoms with van der Waals surface area (Å²) in [4.78, 5) is 6.98. The van der Waals surface area contributed by atoms with E-state index in [1.807, 2.05) is 25.1 Å². The molecule has 1 aromatic carbocycles. The lowest BCUT2D eigenvalue weighted by molar-refractivity contribution is 0.337. The van der Waals surface area contributed by atoms with Gasteiger partial charge in [0.2, 0.25) is 0 Å². The fraction of sp³-hybridized carbons (Fsp3) is 0.438. The Balaban J connectivity index is 1.77. The molecule has 0 atom stereocenters. The summed E-state index contributed by atoms with van der Waals surface area (Å²) in [5.74, 6) is 0. The van der Waals surface area contributed by atoms with Gasteiger partial charge in [-0.1, -0.05) is 0 Å². The molecule has 0 spiro atoms. The van der Waals surface area contributed by atoms with E-state index in [1.54, 1.807) is 0 Å². The monoisotopic (exact) mass is 270 g/mol. The second-order valence-electron chi connectivity index (χ2n) is 5.73. The zero-order valence-corrected chi connectivity index (χ0v) is 12.2. The van der Waals surface area contributed by atoms with E-state index in [2.05, 4.69) is 28.3 Å². The summed E-state index contributed by atoms with van der Waals surface area (Å²) in [5, 5.41) is 4.63. The van der Waals surface area contributed by atoms with Crippen LogP contribution < -0.4 is 11.1 Å². The molecular formula is C16H22N4. The van der Waals surface area contributed by atoms with E-state index in [0.29, 0.717) is 0 Å². The largest absolute Gasteiger partial charge is 0.399 e. The number of nitrogens with two attached hydrogens (primary N) is 1. The Morgan fingerprint density at radius 1 is 1.35 bits per heavy atom. The number of nitrogens with zero attached hydrogens (tertiary/aromatic N) is 2. The van der Waals surface area contributed by atoms with Gasteiger partial charge in [-0.25, -0.2) is 0 Å². The summed E-state index contributed by atoms with van der Waals surface area (Å²) in [5.41, 5.74) is 9.83. The van der Waals surface area contributed by atoms with Crippen molar-refractivity contribution >= 4 is 22.3 Å². The highest BCUT2D eigenvalue weighted by Gasteiger charge is 2.25. The summed E-state index contributed by atoms with van der Waals surface area (Å²) in [6, 6.07) is 8.79. The van der Waals surface area contributed by atoms with E-state index >= 15 is 0 Å². The van der Waals surface area contributed by atoms with Crippen molar-refractivity contribution in [1.82, 2.24) is 9.88 Å². The molecular weight excluding hydrogens is 248 g/mol. The van der Waals surface area contributed by atoms with Gasteiger partial charge in [-0.05, 0) is 51.1 Å². The molecule has 1 saturated carbocycles. The highest BCUT2D eigenvalue weighted by atomic mass is 15.2. The van der Waals surface area contributed by atoms with E-state index in [0.717, 1.165) is 47.1 Å². The van der Waals surface area contributed by atoms with Crippen LogP contribution in [0, 0.1) is 6.92 Å². The van der Waals surface area contributed by atoms with Crippen LogP contribution in [0.25, 0.3) is 10.9 Å². The van der Waals surface area contributed by atoms with Crippen LogP contribution in [0.5, 0.6) is 0 Å². The molecule has 1 heterocycles. The molecule has 1 fully saturated rings. The molecule has 0 unspecified atom stereocenters. The van der Waals surface area contributed by atoms with Crippen LogP contribution in [0.4, 0.5) is 11.4 Å². The number of hydrogen-bond acceptors (Lipinski definition) is 4. The number of likely N-dealkylation sites (N-methyl/N-ethyl adjacent to an activating group) is 1. The molecule has 0 radical (unpaired) electrons. The molecule has 1 aliphatic rings. The van der Waals surface area contributed by atoms with Crippen molar-refractivity contribution in [1.29, 1.82) is 0 Å². The summed E-state index contributed by atoms with van der Waals surface area (Å²) in [6.45, 7) is 4.04. The van der Waals surface area contributed by atoms with Crippen molar-refractivity contribution in [2.75, 3.05) is 31.2 Å². The lowest BCUT2D eigenvalue weighted by Crippen LogP contribution is -2.27. The Bertz CT molecular complexity index is 619. The second kappa shape index (κ2) is 5.29. The van der Waals surface area contributed by atoms with Crippen LogP contribution in [-0.4, -0.2) is 36.1 Å². The first-order chi connectivity index (χ1) is 9.63. The number of nitrogen functional groups attached to an aromatic ring is 1. The molecule has 3 N–H and O–H groups in total. The third kappa shape index (κ3) is 2.85. The molecule has 2 aromatic rings. The molecule has 1 aliphatic carbocycles. The fourth-order valence-electron chi connectivity index (χ4n) is 2.59. The molecule has 0 saturated heterocycles. The van der Waals surface area contributed by atoms with Crippen LogP contribution in [-0.2, 0) is 0 Å². The van der Waals surface area contributed by atoms with Gasteiger partial charge >= 0.3 is 0 Å². The van der Waals surface area contributed by atoms with Gasteiger partial charge in [0.15, 0.2) is 0 Å². The Hall–Kier alpha value is -1.81. The Morgan fingerprint density at radius 2 is 2.15 bits per heavy atom. The van der Waals surface area contributed by atoms with Crippen molar-refractivity contribution in [3.05, 3.63) is 30.0 Å². The Kier molecular flexibility index (Phi) is 3.49. The minimum Gasteiger partial charge on any atom is -0.399 e. The Labute approximate surface area is 120 Å². The summed E-state index contributed by atoms with van der Waals surface area (Å²) in [7, 11) is 2.20. The molecule has 4 heteroatoms. The summed E-state index contributed by atoms with van der Waals surface area (Å²) in [6.07, 6.45) is 2.70. The number of nitrogens with one attached hydrogen (secondary N) is 1. The fourth-order valence-corrected chi connectivity index (χ4v) is 2.59. The van der Waals surface area contributed by atoms with Gasteiger partial charge in [0.25, 0.3) is 0 Å². The number of hydrogen-bond donors (Lipinski definition) is 2. The first-order valence-corrected chi connectivity index (χ1v) is 7.24. The van der Waals surface area contributed by atoms with Gasteiger partial charge in [-0.3, -0.25) is 4.98 Å². The highest BCUT2D eigenvalue weighted by molar-refractivity contribution is 5.93. The predicted octanol–water partition coefficient (Wildman–Crippen LogP) is 2.63. The van der Waals surface area contributed by atoms with Gasteiger partial charge in [-0.2, -0.15) is 0 Å². The molecule has 3 rings (SSSR count). The summed E-state index contributed by atoms with van der Waals surface area (Å²) >= 11 is 0. The zero-order valence-electron chi connectivity index (χ0n) is 12.2. The van der Waals surface area contributed by atoms with Crippen molar-refractivity contribution in [3.8, 4) is 0 Å². The number of rotatable bonds is 5. The first-order valence-electron chi connectivity index (χ1n) is 7.24. The first kappa shape index (κ1) is 13.2. The van der Waals surface area contributed by atoms with E-state index in [4.69, 9.17) is 5.73 Å². The number of aromatic nitrogens is 1. The maximum atomic E-state index is 5.89. The maximum absolute atomic E-state index is 5.89. The van der Waals surface area contributed by atoms with E-state index < -0.39 is 0 Å². The topological polar surface area (TPSA) is 54.2 Å². The third-order valence-corrected chi connectivity index (χ3v) is 3.91. The van der Waals surface area contributed by atoms with Gasteiger partial charge in [0, 0.05) is 41.6 Å². The molecule has 0 amide bonds. The molecule has 106 valence electrons. The average Bonchev–Trinajstić information content (AvgIpc) is 3.23. The number of fused-ring (bicyclic) bond motifs is 1. The lowest BCUT2D eigenvalue weighted by Gasteiger charge is -2.17. The molecule has 1 aromatic heterocycles. The molecule has 4 nitrogen and oxygen atoms in total. The van der Waals surface area contributed by atoms with E-state index in [9.17, 15) is 0 Å². The van der Waals surface area contributed by atoms with Crippen LogP contribution in [0.3, 0.4) is 0 Å². The number of anilines is 2.